The molecule has 1 aliphatic rings. The van der Waals surface area contributed by atoms with Crippen molar-refractivity contribution in [2.45, 2.75) is 30.9 Å². The number of nitrogens with zero attached hydrogens (tertiary/aromatic N) is 1. The van der Waals surface area contributed by atoms with Crippen molar-refractivity contribution in [2.24, 2.45) is 0 Å². The Labute approximate surface area is 127 Å². The van der Waals surface area contributed by atoms with E-state index in [1.54, 1.807) is 12.1 Å². The van der Waals surface area contributed by atoms with Crippen LogP contribution in [0.4, 0.5) is 0 Å². The fraction of sp³-hybridized carbons (Fsp3) is 0.538. The van der Waals surface area contributed by atoms with E-state index >= 15 is 0 Å². The van der Waals surface area contributed by atoms with Crippen LogP contribution in [0.15, 0.2) is 27.6 Å². The van der Waals surface area contributed by atoms with Gasteiger partial charge in [-0.05, 0) is 47.5 Å². The Kier molecular flexibility index (Phi) is 4.56. The molecule has 1 N–H and O–H groups in total. The van der Waals surface area contributed by atoms with Gasteiger partial charge in [0.15, 0.2) is 0 Å². The lowest BCUT2D eigenvalue weighted by Crippen LogP contribution is -2.55. The molecule has 2 rings (SSSR count). The van der Waals surface area contributed by atoms with Crippen LogP contribution in [0.2, 0.25) is 0 Å². The van der Waals surface area contributed by atoms with Crippen LogP contribution in [-0.4, -0.2) is 43.1 Å². The molecule has 0 atom stereocenters. The highest BCUT2D eigenvalue weighted by atomic mass is 79.9. The third-order valence-corrected chi connectivity index (χ3v) is 6.40. The molecular formula is C13H18BrNO4S. The molecule has 1 aliphatic heterocycles. The van der Waals surface area contributed by atoms with E-state index in [0.29, 0.717) is 29.8 Å². The topological polar surface area (TPSA) is 66.8 Å². The molecule has 1 aromatic carbocycles. The van der Waals surface area contributed by atoms with Crippen molar-refractivity contribution in [2.75, 3.05) is 19.8 Å². The Hall–Kier alpha value is -0.470. The van der Waals surface area contributed by atoms with Crippen LogP contribution >= 0.6 is 15.9 Å². The molecule has 0 aromatic heterocycles. The number of sulfonamides is 1. The van der Waals surface area contributed by atoms with Gasteiger partial charge < -0.3 is 9.84 Å². The molecule has 0 aliphatic carbocycles. The second-order valence-corrected chi connectivity index (χ2v) is 8.05. The molecule has 0 bridgehead atoms. The second-order valence-electron chi connectivity index (χ2n) is 5.37. The predicted molar refractivity (Wildman–Crippen MR) is 78.9 cm³/mol. The van der Waals surface area contributed by atoms with Gasteiger partial charge in [0.05, 0.1) is 30.3 Å². The first-order chi connectivity index (χ1) is 9.29. The van der Waals surface area contributed by atoms with Crippen LogP contribution in [0.5, 0.6) is 0 Å². The molecular weight excluding hydrogens is 346 g/mol. The number of hydrogen-bond donors (Lipinski definition) is 1. The first kappa shape index (κ1) is 15.9. The summed E-state index contributed by atoms with van der Waals surface area (Å²) in [5.74, 6) is 0. The van der Waals surface area contributed by atoms with Gasteiger partial charge in [0.1, 0.15) is 0 Å². The molecule has 1 heterocycles. The minimum atomic E-state index is -3.60. The lowest BCUT2D eigenvalue weighted by molar-refractivity contribution is -0.00772. The van der Waals surface area contributed by atoms with E-state index in [1.807, 2.05) is 13.8 Å². The molecule has 1 saturated heterocycles. The smallest absolute Gasteiger partial charge is 0.244 e. The van der Waals surface area contributed by atoms with Crippen molar-refractivity contribution in [3.8, 4) is 0 Å². The molecule has 7 heteroatoms. The minimum Gasteiger partial charge on any atom is -0.392 e. The third kappa shape index (κ3) is 2.92. The normalized spacial score (nSPS) is 20.0. The first-order valence-corrected chi connectivity index (χ1v) is 8.52. The zero-order chi connectivity index (χ0) is 15.0. The fourth-order valence-corrected chi connectivity index (χ4v) is 5.10. The lowest BCUT2D eigenvalue weighted by atomic mass is 10.1. The Bertz CT molecular complexity index is 600. The van der Waals surface area contributed by atoms with Gasteiger partial charge in [-0.15, -0.1) is 0 Å². The monoisotopic (exact) mass is 363 g/mol. The van der Waals surface area contributed by atoms with E-state index in [9.17, 15) is 8.42 Å². The number of benzene rings is 1. The summed E-state index contributed by atoms with van der Waals surface area (Å²) in [7, 11) is -3.60. The maximum atomic E-state index is 12.8. The molecule has 0 amide bonds. The Morgan fingerprint density at radius 1 is 1.45 bits per heavy atom. The van der Waals surface area contributed by atoms with Crippen LogP contribution in [0.25, 0.3) is 0 Å². The summed E-state index contributed by atoms with van der Waals surface area (Å²) in [6.45, 7) is 4.68. The standard InChI is InChI=1S/C13H18BrNO4S/c1-13(2)9-19-6-5-15(13)20(17,18)12-4-3-10(8-16)7-11(12)14/h3-4,7,16H,5-6,8-9H2,1-2H3. The van der Waals surface area contributed by atoms with Crippen LogP contribution in [0.3, 0.4) is 0 Å². The van der Waals surface area contributed by atoms with Gasteiger partial charge in [-0.1, -0.05) is 6.07 Å². The number of hydrogen-bond acceptors (Lipinski definition) is 4. The van der Waals surface area contributed by atoms with E-state index in [0.717, 1.165) is 0 Å². The van der Waals surface area contributed by atoms with E-state index < -0.39 is 15.6 Å². The Balaban J connectivity index is 2.44. The fourth-order valence-electron chi connectivity index (χ4n) is 2.26. The maximum Gasteiger partial charge on any atom is 0.244 e. The van der Waals surface area contributed by atoms with Crippen LogP contribution < -0.4 is 0 Å². The predicted octanol–water partition coefficient (Wildman–Crippen LogP) is 1.74. The summed E-state index contributed by atoms with van der Waals surface area (Å²) in [5, 5.41) is 9.09. The molecule has 0 radical (unpaired) electrons. The van der Waals surface area contributed by atoms with E-state index in [1.165, 1.54) is 10.4 Å². The minimum absolute atomic E-state index is 0.123. The van der Waals surface area contributed by atoms with Crippen molar-refractivity contribution < 1.29 is 18.3 Å². The third-order valence-electron chi connectivity index (χ3n) is 3.32. The highest BCUT2D eigenvalue weighted by Crippen LogP contribution is 2.31. The van der Waals surface area contributed by atoms with Crippen LogP contribution in [0.1, 0.15) is 19.4 Å². The lowest BCUT2D eigenvalue weighted by Gasteiger charge is -2.40. The van der Waals surface area contributed by atoms with Crippen LogP contribution in [0, 0.1) is 0 Å². The zero-order valence-electron chi connectivity index (χ0n) is 11.5. The molecule has 20 heavy (non-hydrogen) atoms. The summed E-state index contributed by atoms with van der Waals surface area (Å²) in [6, 6.07) is 4.77. The average Bonchev–Trinajstić information content (AvgIpc) is 2.37. The summed E-state index contributed by atoms with van der Waals surface area (Å²) < 4.78 is 32.9. The number of halogens is 1. The van der Waals surface area contributed by atoms with Crippen molar-refractivity contribution in [3.05, 3.63) is 28.2 Å². The number of ether oxygens (including phenoxy) is 1. The van der Waals surface area contributed by atoms with Gasteiger partial charge in [-0.25, -0.2) is 8.42 Å². The molecule has 1 aromatic rings. The van der Waals surface area contributed by atoms with E-state index in [2.05, 4.69) is 15.9 Å². The molecule has 0 spiro atoms. The van der Waals surface area contributed by atoms with Crippen molar-refractivity contribution in [3.63, 3.8) is 0 Å². The van der Waals surface area contributed by atoms with Crippen molar-refractivity contribution in [1.29, 1.82) is 0 Å². The van der Waals surface area contributed by atoms with Gasteiger partial charge in [0, 0.05) is 11.0 Å². The number of aliphatic hydroxyl groups excluding tert-OH is 1. The van der Waals surface area contributed by atoms with Crippen molar-refractivity contribution >= 4 is 26.0 Å². The molecule has 112 valence electrons. The first-order valence-electron chi connectivity index (χ1n) is 6.29. The number of aliphatic hydroxyl groups is 1. The summed E-state index contributed by atoms with van der Waals surface area (Å²) in [6.07, 6.45) is 0. The zero-order valence-corrected chi connectivity index (χ0v) is 13.9. The summed E-state index contributed by atoms with van der Waals surface area (Å²) in [4.78, 5) is 0.213. The van der Waals surface area contributed by atoms with E-state index in [-0.39, 0.29) is 11.5 Å². The Morgan fingerprint density at radius 3 is 2.70 bits per heavy atom. The van der Waals surface area contributed by atoms with Crippen LogP contribution in [-0.2, 0) is 21.4 Å². The highest BCUT2D eigenvalue weighted by Gasteiger charge is 2.40. The summed E-state index contributed by atoms with van der Waals surface area (Å²) in [5.41, 5.74) is 0.0867. The molecule has 5 nitrogen and oxygen atoms in total. The number of morpholine rings is 1. The van der Waals surface area contributed by atoms with Gasteiger partial charge in [0.25, 0.3) is 0 Å². The summed E-state index contributed by atoms with van der Waals surface area (Å²) >= 11 is 3.28. The quantitative estimate of drug-likeness (QED) is 0.887. The highest BCUT2D eigenvalue weighted by molar-refractivity contribution is 9.10. The Morgan fingerprint density at radius 2 is 2.15 bits per heavy atom. The van der Waals surface area contributed by atoms with Gasteiger partial charge >= 0.3 is 0 Å². The van der Waals surface area contributed by atoms with Gasteiger partial charge in [-0.3, -0.25) is 0 Å². The number of rotatable bonds is 3. The van der Waals surface area contributed by atoms with Gasteiger partial charge in [0.2, 0.25) is 10.0 Å². The van der Waals surface area contributed by atoms with Crippen molar-refractivity contribution in [1.82, 2.24) is 4.31 Å². The maximum absolute atomic E-state index is 12.8. The van der Waals surface area contributed by atoms with Gasteiger partial charge in [-0.2, -0.15) is 4.31 Å². The second kappa shape index (κ2) is 5.73. The molecule has 0 unspecified atom stereocenters. The largest absolute Gasteiger partial charge is 0.392 e. The average molecular weight is 364 g/mol. The SMILES string of the molecule is CC1(C)COCCN1S(=O)(=O)c1ccc(CO)cc1Br. The van der Waals surface area contributed by atoms with E-state index in [4.69, 9.17) is 9.84 Å². The molecule has 1 fully saturated rings. The molecule has 0 saturated carbocycles.